The Hall–Kier alpha value is -2.61. The number of hydrogen-bond donors (Lipinski definition) is 2. The molecular weight excluding hydrogens is 354 g/mol. The van der Waals surface area contributed by atoms with Crippen molar-refractivity contribution < 1.29 is 17.9 Å². The van der Waals surface area contributed by atoms with Crippen LogP contribution in [0.4, 0.5) is 11.5 Å². The fourth-order valence-corrected chi connectivity index (χ4v) is 4.41. The number of pyridine rings is 1. The fraction of sp³-hybridized carbons (Fsp3) is 0.333. The highest BCUT2D eigenvalue weighted by molar-refractivity contribution is 7.91. The molecule has 26 heavy (non-hydrogen) atoms. The lowest BCUT2D eigenvalue weighted by Crippen LogP contribution is -2.21. The topological polar surface area (TPSA) is 97.4 Å². The molecule has 1 aromatic carbocycles. The first kappa shape index (κ1) is 18.2. The van der Waals surface area contributed by atoms with Crippen molar-refractivity contribution in [3.8, 4) is 5.75 Å². The minimum atomic E-state index is -2.94. The van der Waals surface area contributed by atoms with Crippen LogP contribution in [0.3, 0.4) is 0 Å². The van der Waals surface area contributed by atoms with Gasteiger partial charge < -0.3 is 15.4 Å². The molecule has 1 aromatic heterocycles. The third-order valence-corrected chi connectivity index (χ3v) is 5.80. The summed E-state index contributed by atoms with van der Waals surface area (Å²) in [6.07, 6.45) is 2.04. The second-order valence-electron chi connectivity index (χ2n) is 6.09. The first-order valence-corrected chi connectivity index (χ1v) is 10.2. The minimum absolute atomic E-state index is 0.120. The maximum atomic E-state index is 12.3. The van der Waals surface area contributed by atoms with Gasteiger partial charge in [0.1, 0.15) is 11.6 Å². The summed E-state index contributed by atoms with van der Waals surface area (Å²) in [5, 5.41) is 5.89. The predicted molar refractivity (Wildman–Crippen MR) is 100 cm³/mol. The lowest BCUT2D eigenvalue weighted by Gasteiger charge is -2.12. The van der Waals surface area contributed by atoms with Crippen molar-refractivity contribution >= 4 is 27.2 Å². The van der Waals surface area contributed by atoms with Crippen LogP contribution in [0, 0.1) is 0 Å². The number of benzene rings is 1. The average Bonchev–Trinajstić information content (AvgIpc) is 2.96. The number of carbonyl (C=O) groups excluding carboxylic acids is 1. The van der Waals surface area contributed by atoms with Gasteiger partial charge in [-0.2, -0.15) is 0 Å². The lowest BCUT2D eigenvalue weighted by atomic mass is 10.2. The van der Waals surface area contributed by atoms with E-state index < -0.39 is 9.84 Å². The van der Waals surface area contributed by atoms with Gasteiger partial charge >= 0.3 is 0 Å². The van der Waals surface area contributed by atoms with Crippen molar-refractivity contribution in [1.82, 2.24) is 4.98 Å². The Bertz CT molecular complexity index is 864. The molecule has 1 unspecified atom stereocenters. The Morgan fingerprint density at radius 2 is 2.00 bits per heavy atom. The van der Waals surface area contributed by atoms with E-state index in [9.17, 15) is 13.2 Å². The first-order chi connectivity index (χ1) is 12.4. The number of anilines is 2. The molecular formula is C18H21N3O4S. The molecule has 0 saturated carbocycles. The van der Waals surface area contributed by atoms with Crippen molar-refractivity contribution in [1.29, 1.82) is 0 Å². The summed E-state index contributed by atoms with van der Waals surface area (Å²) in [5.74, 6) is 1.36. The van der Waals surface area contributed by atoms with Gasteiger partial charge in [-0.1, -0.05) is 0 Å². The number of ether oxygens (including phenoxy) is 1. The molecule has 8 heteroatoms. The molecule has 0 radical (unpaired) electrons. The minimum Gasteiger partial charge on any atom is -0.494 e. The van der Waals surface area contributed by atoms with Gasteiger partial charge in [-0.25, -0.2) is 13.4 Å². The second-order valence-corrected chi connectivity index (χ2v) is 8.32. The van der Waals surface area contributed by atoms with Crippen LogP contribution in [-0.2, 0) is 9.84 Å². The van der Waals surface area contributed by atoms with E-state index in [-0.39, 0.29) is 23.5 Å². The zero-order valence-electron chi connectivity index (χ0n) is 14.4. The van der Waals surface area contributed by atoms with E-state index in [2.05, 4.69) is 15.6 Å². The fourth-order valence-electron chi connectivity index (χ4n) is 2.74. The number of aromatic nitrogens is 1. The van der Waals surface area contributed by atoms with Crippen molar-refractivity contribution in [2.45, 2.75) is 19.4 Å². The van der Waals surface area contributed by atoms with E-state index in [1.165, 1.54) is 6.20 Å². The first-order valence-electron chi connectivity index (χ1n) is 8.42. The van der Waals surface area contributed by atoms with Gasteiger partial charge in [0.2, 0.25) is 0 Å². The summed E-state index contributed by atoms with van der Waals surface area (Å²) < 4.78 is 28.3. The molecule has 1 atom stereocenters. The molecule has 2 N–H and O–H groups in total. The van der Waals surface area contributed by atoms with Crippen LogP contribution in [0.25, 0.3) is 0 Å². The summed E-state index contributed by atoms with van der Waals surface area (Å²) in [7, 11) is -2.94. The number of hydrogen-bond acceptors (Lipinski definition) is 6. The Labute approximate surface area is 152 Å². The zero-order valence-corrected chi connectivity index (χ0v) is 15.3. The van der Waals surface area contributed by atoms with Gasteiger partial charge in [0.25, 0.3) is 5.91 Å². The van der Waals surface area contributed by atoms with Gasteiger partial charge in [-0.15, -0.1) is 0 Å². The molecule has 138 valence electrons. The van der Waals surface area contributed by atoms with Gasteiger partial charge in [-0.3, -0.25) is 4.79 Å². The van der Waals surface area contributed by atoms with Gasteiger partial charge in [0.05, 0.1) is 23.7 Å². The Morgan fingerprint density at radius 1 is 1.23 bits per heavy atom. The number of sulfone groups is 1. The van der Waals surface area contributed by atoms with E-state index in [0.29, 0.717) is 30.1 Å². The summed E-state index contributed by atoms with van der Waals surface area (Å²) in [5.41, 5.74) is 1.08. The second kappa shape index (κ2) is 7.74. The summed E-state index contributed by atoms with van der Waals surface area (Å²) in [6, 6.07) is 10.3. The van der Waals surface area contributed by atoms with Crippen molar-refractivity contribution in [3.63, 3.8) is 0 Å². The summed E-state index contributed by atoms with van der Waals surface area (Å²) >= 11 is 0. The van der Waals surface area contributed by atoms with E-state index in [1.807, 2.05) is 6.92 Å². The number of rotatable bonds is 6. The van der Waals surface area contributed by atoms with Crippen molar-refractivity contribution in [2.75, 3.05) is 28.7 Å². The number of nitrogens with one attached hydrogen (secondary N) is 2. The van der Waals surface area contributed by atoms with Crippen molar-refractivity contribution in [3.05, 3.63) is 48.2 Å². The van der Waals surface area contributed by atoms with Crippen LogP contribution in [0.1, 0.15) is 23.7 Å². The summed E-state index contributed by atoms with van der Waals surface area (Å²) in [6.45, 7) is 2.50. The normalized spacial score (nSPS) is 18.3. The average molecular weight is 375 g/mol. The highest BCUT2D eigenvalue weighted by Crippen LogP contribution is 2.18. The smallest absolute Gasteiger partial charge is 0.257 e. The number of amides is 1. The molecule has 1 aliphatic rings. The standard InChI is InChI=1S/C18H21N3O4S/c1-2-25-16-6-4-14(5-7-16)21-18(22)13-3-8-17(19-11-13)20-15-9-10-26(23,24)12-15/h3-8,11,15H,2,9-10,12H2,1H3,(H,19,20)(H,21,22). The highest BCUT2D eigenvalue weighted by atomic mass is 32.2. The lowest BCUT2D eigenvalue weighted by molar-refractivity contribution is 0.102. The molecule has 0 spiro atoms. The predicted octanol–water partition coefficient (Wildman–Crippen LogP) is 2.33. The molecule has 1 amide bonds. The third kappa shape index (κ3) is 4.72. The Balaban J connectivity index is 1.58. The van der Waals surface area contributed by atoms with Crippen LogP contribution in [-0.4, -0.2) is 43.5 Å². The monoisotopic (exact) mass is 375 g/mol. The SMILES string of the molecule is CCOc1ccc(NC(=O)c2ccc(NC3CCS(=O)(=O)C3)nc2)cc1. The molecule has 1 saturated heterocycles. The molecule has 0 aliphatic carbocycles. The van der Waals surface area contributed by atoms with E-state index in [4.69, 9.17) is 4.74 Å². The maximum absolute atomic E-state index is 12.3. The van der Waals surface area contributed by atoms with Gasteiger partial charge in [0.15, 0.2) is 9.84 Å². The summed E-state index contributed by atoms with van der Waals surface area (Å²) in [4.78, 5) is 16.5. The molecule has 3 rings (SSSR count). The third-order valence-electron chi connectivity index (χ3n) is 4.03. The van der Waals surface area contributed by atoms with Crippen molar-refractivity contribution in [2.24, 2.45) is 0 Å². The number of carbonyl (C=O) groups is 1. The van der Waals surface area contributed by atoms with Gasteiger partial charge in [-0.05, 0) is 49.7 Å². The Morgan fingerprint density at radius 3 is 2.58 bits per heavy atom. The van der Waals surface area contributed by atoms with Crippen LogP contribution < -0.4 is 15.4 Å². The molecule has 2 heterocycles. The van der Waals surface area contributed by atoms with Gasteiger partial charge in [0, 0.05) is 17.9 Å². The molecule has 2 aromatic rings. The van der Waals surface area contributed by atoms with E-state index >= 15 is 0 Å². The number of nitrogens with zero attached hydrogens (tertiary/aromatic N) is 1. The molecule has 0 bridgehead atoms. The van der Waals surface area contributed by atoms with E-state index in [0.717, 1.165) is 5.75 Å². The van der Waals surface area contributed by atoms with Crippen LogP contribution in [0.2, 0.25) is 0 Å². The van der Waals surface area contributed by atoms with Crippen LogP contribution in [0.5, 0.6) is 5.75 Å². The van der Waals surface area contributed by atoms with E-state index in [1.54, 1.807) is 36.4 Å². The maximum Gasteiger partial charge on any atom is 0.257 e. The largest absolute Gasteiger partial charge is 0.494 e. The quantitative estimate of drug-likeness (QED) is 0.804. The molecule has 1 fully saturated rings. The zero-order chi connectivity index (χ0) is 18.6. The highest BCUT2D eigenvalue weighted by Gasteiger charge is 2.27. The molecule has 1 aliphatic heterocycles. The molecule has 7 nitrogen and oxygen atoms in total. The van der Waals surface area contributed by atoms with Crippen LogP contribution in [0.15, 0.2) is 42.6 Å². The Kier molecular flexibility index (Phi) is 5.41. The van der Waals surface area contributed by atoms with Crippen LogP contribution >= 0.6 is 0 Å².